The molecule has 0 spiro atoms. The minimum Gasteiger partial charge on any atom is -0.351 e. The Balaban J connectivity index is 2.53. The minimum absolute atomic E-state index is 0.161. The molecule has 4 heteroatoms. The lowest BCUT2D eigenvalue weighted by molar-refractivity contribution is 0.426. The predicted octanol–water partition coefficient (Wildman–Crippen LogP) is 3.12. The van der Waals surface area contributed by atoms with Gasteiger partial charge >= 0.3 is 0 Å². The molecule has 1 N–H and O–H groups in total. The van der Waals surface area contributed by atoms with Gasteiger partial charge in [0.25, 0.3) is 0 Å². The van der Waals surface area contributed by atoms with Gasteiger partial charge in [-0.15, -0.1) is 11.3 Å². The van der Waals surface area contributed by atoms with Crippen LogP contribution in [0.4, 0.5) is 5.13 Å². The van der Waals surface area contributed by atoms with Crippen molar-refractivity contribution in [1.29, 1.82) is 0 Å². The molecule has 0 atom stereocenters. The van der Waals surface area contributed by atoms with Crippen molar-refractivity contribution in [2.45, 2.75) is 46.7 Å². The van der Waals surface area contributed by atoms with E-state index in [-0.39, 0.29) is 5.54 Å². The molecule has 0 bridgehead atoms. The molecular formula is C13H25N3S. The molecule has 1 heterocycles. The number of nitrogens with one attached hydrogen (secondary N) is 1. The molecule has 0 saturated carbocycles. The van der Waals surface area contributed by atoms with E-state index in [0.29, 0.717) is 5.92 Å². The lowest BCUT2D eigenvalue weighted by atomic mass is 10.1. The largest absolute Gasteiger partial charge is 0.351 e. The molecule has 1 rings (SSSR count). The van der Waals surface area contributed by atoms with E-state index >= 15 is 0 Å². The molecule has 1 aromatic rings. The van der Waals surface area contributed by atoms with Crippen molar-refractivity contribution >= 4 is 16.5 Å². The van der Waals surface area contributed by atoms with Gasteiger partial charge in [-0.3, -0.25) is 0 Å². The van der Waals surface area contributed by atoms with Gasteiger partial charge in [0.2, 0.25) is 0 Å². The maximum absolute atomic E-state index is 4.47. The molecule has 0 aliphatic carbocycles. The van der Waals surface area contributed by atoms with Crippen LogP contribution < -0.4 is 10.2 Å². The molecule has 0 saturated heterocycles. The van der Waals surface area contributed by atoms with Crippen LogP contribution in [-0.4, -0.2) is 24.1 Å². The van der Waals surface area contributed by atoms with Crippen molar-refractivity contribution in [1.82, 2.24) is 10.3 Å². The highest BCUT2D eigenvalue weighted by Crippen LogP contribution is 2.22. The molecule has 98 valence electrons. The minimum atomic E-state index is 0.161. The highest BCUT2D eigenvalue weighted by molar-refractivity contribution is 7.15. The molecule has 0 unspecified atom stereocenters. The highest BCUT2D eigenvalue weighted by Gasteiger charge is 2.11. The molecule has 0 amide bonds. The first-order valence-corrected chi connectivity index (χ1v) is 7.00. The second kappa shape index (κ2) is 5.83. The van der Waals surface area contributed by atoms with E-state index in [4.69, 9.17) is 0 Å². The van der Waals surface area contributed by atoms with Crippen LogP contribution in [0.15, 0.2) is 6.20 Å². The second-order valence-corrected chi connectivity index (χ2v) is 7.08. The fourth-order valence-corrected chi connectivity index (χ4v) is 2.35. The van der Waals surface area contributed by atoms with Gasteiger partial charge in [0.05, 0.1) is 0 Å². The molecular weight excluding hydrogens is 230 g/mol. The van der Waals surface area contributed by atoms with Crippen LogP contribution in [0.2, 0.25) is 0 Å². The van der Waals surface area contributed by atoms with Crippen molar-refractivity contribution in [2.75, 3.05) is 18.5 Å². The predicted molar refractivity (Wildman–Crippen MR) is 76.8 cm³/mol. The Kier molecular flexibility index (Phi) is 4.95. The topological polar surface area (TPSA) is 28.2 Å². The third-order valence-corrected chi connectivity index (χ3v) is 3.41. The summed E-state index contributed by atoms with van der Waals surface area (Å²) in [5.74, 6) is 0.667. The number of rotatable bonds is 5. The quantitative estimate of drug-likeness (QED) is 0.876. The SMILES string of the molecule is CC(C)CN(C)c1ncc(CNC(C)(C)C)s1. The normalized spacial score (nSPS) is 12.2. The third-order valence-electron chi connectivity index (χ3n) is 2.30. The van der Waals surface area contributed by atoms with E-state index in [1.807, 2.05) is 6.20 Å². The van der Waals surface area contributed by atoms with E-state index in [2.05, 4.69) is 56.9 Å². The smallest absolute Gasteiger partial charge is 0.185 e. The zero-order valence-corrected chi connectivity index (χ0v) is 12.7. The Morgan fingerprint density at radius 3 is 2.59 bits per heavy atom. The molecule has 0 radical (unpaired) electrons. The zero-order valence-electron chi connectivity index (χ0n) is 11.9. The summed E-state index contributed by atoms with van der Waals surface area (Å²) in [6, 6.07) is 0. The van der Waals surface area contributed by atoms with Gasteiger partial charge in [0, 0.05) is 36.8 Å². The molecule has 17 heavy (non-hydrogen) atoms. The summed E-state index contributed by atoms with van der Waals surface area (Å²) in [5.41, 5.74) is 0.161. The van der Waals surface area contributed by atoms with Crippen LogP contribution in [0.3, 0.4) is 0 Å². The summed E-state index contributed by atoms with van der Waals surface area (Å²) >= 11 is 1.78. The summed E-state index contributed by atoms with van der Waals surface area (Å²) in [7, 11) is 2.11. The van der Waals surface area contributed by atoms with Gasteiger partial charge in [-0.05, 0) is 26.7 Å². The number of anilines is 1. The summed E-state index contributed by atoms with van der Waals surface area (Å²) in [6.07, 6.45) is 1.98. The van der Waals surface area contributed by atoms with E-state index in [1.54, 1.807) is 11.3 Å². The maximum atomic E-state index is 4.47. The van der Waals surface area contributed by atoms with Crippen molar-refractivity contribution < 1.29 is 0 Å². The summed E-state index contributed by atoms with van der Waals surface area (Å²) in [5, 5.41) is 4.60. The molecule has 0 fully saturated rings. The summed E-state index contributed by atoms with van der Waals surface area (Å²) in [4.78, 5) is 8.00. The van der Waals surface area contributed by atoms with Crippen molar-refractivity contribution in [3.05, 3.63) is 11.1 Å². The third kappa shape index (κ3) is 5.50. The Hall–Kier alpha value is -0.610. The number of hydrogen-bond acceptors (Lipinski definition) is 4. The maximum Gasteiger partial charge on any atom is 0.185 e. The standard InChI is InChI=1S/C13H25N3S/c1-10(2)9-16(6)12-14-7-11(17-12)8-15-13(3,4)5/h7,10,15H,8-9H2,1-6H3. The lowest BCUT2D eigenvalue weighted by Crippen LogP contribution is -2.34. The van der Waals surface area contributed by atoms with Crippen LogP contribution in [-0.2, 0) is 6.54 Å². The second-order valence-electron chi connectivity index (χ2n) is 5.99. The highest BCUT2D eigenvalue weighted by atomic mass is 32.1. The molecule has 0 aliphatic heterocycles. The van der Waals surface area contributed by atoms with Crippen molar-refractivity contribution in [3.8, 4) is 0 Å². The molecule has 3 nitrogen and oxygen atoms in total. The zero-order chi connectivity index (χ0) is 13.1. The van der Waals surface area contributed by atoms with Crippen molar-refractivity contribution in [3.63, 3.8) is 0 Å². The lowest BCUT2D eigenvalue weighted by Gasteiger charge is -2.20. The van der Waals surface area contributed by atoms with Gasteiger partial charge in [-0.2, -0.15) is 0 Å². The van der Waals surface area contributed by atoms with Crippen LogP contribution in [0, 0.1) is 5.92 Å². The fourth-order valence-electron chi connectivity index (χ4n) is 1.53. The van der Waals surface area contributed by atoms with Gasteiger partial charge in [0.1, 0.15) is 0 Å². The average molecular weight is 255 g/mol. The Morgan fingerprint density at radius 1 is 1.41 bits per heavy atom. The average Bonchev–Trinajstić information content (AvgIpc) is 2.60. The first-order valence-electron chi connectivity index (χ1n) is 6.19. The van der Waals surface area contributed by atoms with E-state index in [1.165, 1.54) is 4.88 Å². The number of aromatic nitrogens is 1. The van der Waals surface area contributed by atoms with Gasteiger partial charge in [-0.25, -0.2) is 4.98 Å². The molecule has 0 aliphatic rings. The van der Waals surface area contributed by atoms with Crippen molar-refractivity contribution in [2.24, 2.45) is 5.92 Å². The van der Waals surface area contributed by atoms with E-state index in [9.17, 15) is 0 Å². The Bertz CT molecular complexity index is 339. The molecule has 1 aromatic heterocycles. The summed E-state index contributed by atoms with van der Waals surface area (Å²) in [6.45, 7) is 13.0. The van der Waals surface area contributed by atoms with Gasteiger partial charge in [0.15, 0.2) is 5.13 Å². The van der Waals surface area contributed by atoms with Crippen LogP contribution in [0.25, 0.3) is 0 Å². The van der Waals surface area contributed by atoms with E-state index in [0.717, 1.165) is 18.2 Å². The fraction of sp³-hybridized carbons (Fsp3) is 0.769. The number of thiazole rings is 1. The van der Waals surface area contributed by atoms with Crippen LogP contribution in [0.5, 0.6) is 0 Å². The Morgan fingerprint density at radius 2 is 2.06 bits per heavy atom. The molecule has 0 aromatic carbocycles. The monoisotopic (exact) mass is 255 g/mol. The van der Waals surface area contributed by atoms with Crippen LogP contribution in [0.1, 0.15) is 39.5 Å². The number of nitrogens with zero attached hydrogens (tertiary/aromatic N) is 2. The van der Waals surface area contributed by atoms with E-state index < -0.39 is 0 Å². The van der Waals surface area contributed by atoms with Crippen LogP contribution >= 0.6 is 11.3 Å². The van der Waals surface area contributed by atoms with Gasteiger partial charge in [-0.1, -0.05) is 13.8 Å². The van der Waals surface area contributed by atoms with Gasteiger partial charge < -0.3 is 10.2 Å². The Labute approximate surface area is 109 Å². The first kappa shape index (κ1) is 14.5. The summed E-state index contributed by atoms with van der Waals surface area (Å²) < 4.78 is 0. The number of hydrogen-bond donors (Lipinski definition) is 1. The first-order chi connectivity index (χ1) is 7.78.